The van der Waals surface area contributed by atoms with Crippen molar-refractivity contribution in [3.8, 4) is 11.3 Å². The molecule has 5 nitrogen and oxygen atoms in total. The number of aryl methyl sites for hydroxylation is 1. The third kappa shape index (κ3) is 5.26. The average molecular weight is 465 g/mol. The topological polar surface area (TPSA) is 48.5 Å². The molecule has 5 rings (SSSR count). The van der Waals surface area contributed by atoms with E-state index in [1.807, 2.05) is 55.5 Å². The number of nitrogens with one attached hydrogen (secondary N) is 1. The Balaban J connectivity index is 1.35. The maximum atomic E-state index is 13.4. The van der Waals surface area contributed by atoms with Crippen LogP contribution in [0.3, 0.4) is 0 Å². The van der Waals surface area contributed by atoms with E-state index in [2.05, 4.69) is 58.6 Å². The smallest absolute Gasteiger partial charge is 0.252 e. The summed E-state index contributed by atoms with van der Waals surface area (Å²) in [4.78, 5) is 23.1. The summed E-state index contributed by atoms with van der Waals surface area (Å²) in [6.07, 6.45) is 0. The van der Waals surface area contributed by atoms with Gasteiger partial charge >= 0.3 is 0 Å². The summed E-state index contributed by atoms with van der Waals surface area (Å²) in [6.45, 7) is 6.47. The molecule has 0 radical (unpaired) electrons. The van der Waals surface area contributed by atoms with E-state index in [1.54, 1.807) is 0 Å². The highest BCUT2D eigenvalue weighted by Crippen LogP contribution is 2.26. The number of pyridine rings is 1. The normalized spacial score (nSPS) is 16.9. The fourth-order valence-electron chi connectivity index (χ4n) is 4.91. The summed E-state index contributed by atoms with van der Waals surface area (Å²) in [5.41, 5.74) is 5.78. The van der Waals surface area contributed by atoms with Crippen LogP contribution >= 0.6 is 0 Å². The van der Waals surface area contributed by atoms with Gasteiger partial charge in [0.1, 0.15) is 0 Å². The number of fused-ring (bicyclic) bond motifs is 1. The second-order valence-corrected chi connectivity index (χ2v) is 9.42. The zero-order valence-corrected chi connectivity index (χ0v) is 20.4. The summed E-state index contributed by atoms with van der Waals surface area (Å²) in [6, 6.07) is 29.1. The summed E-state index contributed by atoms with van der Waals surface area (Å²) >= 11 is 0. The van der Waals surface area contributed by atoms with E-state index >= 15 is 0 Å². The van der Waals surface area contributed by atoms with Crippen molar-refractivity contribution < 1.29 is 4.79 Å². The van der Waals surface area contributed by atoms with E-state index in [-0.39, 0.29) is 5.91 Å². The number of amides is 1. The molecule has 178 valence electrons. The molecule has 0 saturated carbocycles. The molecule has 1 aromatic heterocycles. The molecule has 1 N–H and O–H groups in total. The van der Waals surface area contributed by atoms with Crippen LogP contribution in [0, 0.1) is 6.92 Å². The first-order valence-electron chi connectivity index (χ1n) is 12.3. The molecule has 1 amide bonds. The number of benzene rings is 3. The molecule has 0 bridgehead atoms. The van der Waals surface area contributed by atoms with Gasteiger partial charge in [-0.05, 0) is 37.7 Å². The molecular formula is C30H32N4O. The van der Waals surface area contributed by atoms with Gasteiger partial charge in [0.05, 0.1) is 16.8 Å². The summed E-state index contributed by atoms with van der Waals surface area (Å²) in [7, 11) is 2.18. The van der Waals surface area contributed by atoms with Crippen molar-refractivity contribution in [1.29, 1.82) is 0 Å². The largest absolute Gasteiger partial charge is 0.351 e. The molecule has 2 heterocycles. The Morgan fingerprint density at radius 3 is 2.49 bits per heavy atom. The fourth-order valence-corrected chi connectivity index (χ4v) is 4.91. The van der Waals surface area contributed by atoms with Gasteiger partial charge in [0.15, 0.2) is 0 Å². The van der Waals surface area contributed by atoms with Crippen LogP contribution in [-0.4, -0.2) is 60.5 Å². The van der Waals surface area contributed by atoms with E-state index in [0.717, 1.165) is 53.9 Å². The van der Waals surface area contributed by atoms with Crippen LogP contribution < -0.4 is 5.32 Å². The minimum atomic E-state index is -0.0504. The molecule has 0 spiro atoms. The number of rotatable bonds is 6. The summed E-state index contributed by atoms with van der Waals surface area (Å²) < 4.78 is 0. The van der Waals surface area contributed by atoms with Gasteiger partial charge in [-0.15, -0.1) is 0 Å². The van der Waals surface area contributed by atoms with Crippen LogP contribution in [0.5, 0.6) is 0 Å². The second kappa shape index (κ2) is 10.4. The van der Waals surface area contributed by atoms with E-state index in [4.69, 9.17) is 4.98 Å². The predicted octanol–water partition coefficient (Wildman–Crippen LogP) is 4.93. The summed E-state index contributed by atoms with van der Waals surface area (Å²) in [5.74, 6) is -0.0504. The third-order valence-corrected chi connectivity index (χ3v) is 6.84. The zero-order valence-electron chi connectivity index (χ0n) is 20.4. The van der Waals surface area contributed by atoms with Gasteiger partial charge in [-0.3, -0.25) is 9.69 Å². The van der Waals surface area contributed by atoms with E-state index < -0.39 is 0 Å². The van der Waals surface area contributed by atoms with Crippen molar-refractivity contribution >= 4 is 16.8 Å². The highest BCUT2D eigenvalue weighted by molar-refractivity contribution is 6.07. The third-order valence-electron chi connectivity index (χ3n) is 6.84. The van der Waals surface area contributed by atoms with Gasteiger partial charge in [0, 0.05) is 49.7 Å². The quantitative estimate of drug-likeness (QED) is 0.440. The molecule has 0 aliphatic carbocycles. The fraction of sp³-hybridized carbons (Fsp3) is 0.267. The number of likely N-dealkylation sites (N-methyl/N-ethyl adjacent to an activating group) is 1. The number of aromatic nitrogens is 1. The number of carbonyl (C=O) groups is 1. The number of hydrogen-bond donors (Lipinski definition) is 1. The molecule has 1 saturated heterocycles. The molecule has 1 fully saturated rings. The van der Waals surface area contributed by atoms with Gasteiger partial charge < -0.3 is 10.2 Å². The predicted molar refractivity (Wildman–Crippen MR) is 143 cm³/mol. The Kier molecular flexibility index (Phi) is 6.89. The van der Waals surface area contributed by atoms with Crippen molar-refractivity contribution in [3.05, 3.63) is 102 Å². The Morgan fingerprint density at radius 1 is 0.971 bits per heavy atom. The van der Waals surface area contributed by atoms with E-state index in [0.29, 0.717) is 18.2 Å². The van der Waals surface area contributed by atoms with Crippen LogP contribution in [0.15, 0.2) is 84.9 Å². The van der Waals surface area contributed by atoms with Crippen molar-refractivity contribution in [3.63, 3.8) is 0 Å². The van der Waals surface area contributed by atoms with Gasteiger partial charge in [-0.1, -0.05) is 72.3 Å². The van der Waals surface area contributed by atoms with Crippen molar-refractivity contribution in [2.24, 2.45) is 0 Å². The Bertz CT molecular complexity index is 1310. The Hall–Kier alpha value is -3.54. The average Bonchev–Trinajstić information content (AvgIpc) is 2.90. The van der Waals surface area contributed by atoms with Crippen LogP contribution in [0.4, 0.5) is 0 Å². The maximum absolute atomic E-state index is 13.4. The second-order valence-electron chi connectivity index (χ2n) is 9.42. The van der Waals surface area contributed by atoms with E-state index in [9.17, 15) is 4.79 Å². The lowest BCUT2D eigenvalue weighted by atomic mass is 10.0. The lowest BCUT2D eigenvalue weighted by molar-refractivity contribution is 0.0844. The minimum absolute atomic E-state index is 0.0504. The number of piperazine rings is 1. The van der Waals surface area contributed by atoms with Crippen molar-refractivity contribution in [2.75, 3.05) is 39.8 Å². The van der Waals surface area contributed by atoms with Gasteiger partial charge in [0.25, 0.3) is 5.91 Å². The highest BCUT2D eigenvalue weighted by atomic mass is 16.1. The zero-order chi connectivity index (χ0) is 24.2. The summed E-state index contributed by atoms with van der Waals surface area (Å²) in [5, 5.41) is 4.09. The molecule has 4 aromatic rings. The first kappa shape index (κ1) is 23.2. The number of hydrogen-bond acceptors (Lipinski definition) is 4. The molecule has 5 heteroatoms. The monoisotopic (exact) mass is 464 g/mol. The molecule has 35 heavy (non-hydrogen) atoms. The molecule has 1 aliphatic heterocycles. The first-order chi connectivity index (χ1) is 17.1. The maximum Gasteiger partial charge on any atom is 0.252 e. The standard InChI is InChI=1S/C30H32N4O/c1-22-13-14-27-25(19-22)26(20-28(32-27)23-9-5-3-6-10-23)30(35)31-15-16-34-18-17-33(2)21-29(34)24-11-7-4-8-12-24/h3-14,19-20,29H,15-18,21H2,1-2H3,(H,31,35). The lowest BCUT2D eigenvalue weighted by Gasteiger charge is -2.40. The molecule has 3 aromatic carbocycles. The van der Waals surface area contributed by atoms with E-state index in [1.165, 1.54) is 5.56 Å². The van der Waals surface area contributed by atoms with Crippen molar-refractivity contribution in [1.82, 2.24) is 20.1 Å². The number of carbonyl (C=O) groups excluding carboxylic acids is 1. The SMILES string of the molecule is Cc1ccc2nc(-c3ccccc3)cc(C(=O)NCCN3CCN(C)CC3c3ccccc3)c2c1. The minimum Gasteiger partial charge on any atom is -0.351 e. The highest BCUT2D eigenvalue weighted by Gasteiger charge is 2.26. The lowest BCUT2D eigenvalue weighted by Crippen LogP contribution is -2.49. The van der Waals surface area contributed by atoms with Crippen LogP contribution in [0.25, 0.3) is 22.2 Å². The van der Waals surface area contributed by atoms with Crippen LogP contribution in [0.1, 0.15) is 27.5 Å². The first-order valence-corrected chi connectivity index (χ1v) is 12.3. The van der Waals surface area contributed by atoms with Crippen LogP contribution in [0.2, 0.25) is 0 Å². The molecule has 1 aliphatic rings. The molecule has 1 unspecified atom stereocenters. The molecular weight excluding hydrogens is 432 g/mol. The number of nitrogens with zero attached hydrogens (tertiary/aromatic N) is 3. The van der Waals surface area contributed by atoms with Crippen LogP contribution in [-0.2, 0) is 0 Å². The van der Waals surface area contributed by atoms with Crippen molar-refractivity contribution in [2.45, 2.75) is 13.0 Å². The molecule has 1 atom stereocenters. The van der Waals surface area contributed by atoms with Gasteiger partial charge in [-0.2, -0.15) is 0 Å². The Labute approximate surface area is 207 Å². The van der Waals surface area contributed by atoms with Gasteiger partial charge in [-0.25, -0.2) is 4.98 Å². The van der Waals surface area contributed by atoms with Gasteiger partial charge in [0.2, 0.25) is 0 Å². The Morgan fingerprint density at radius 2 is 1.71 bits per heavy atom.